The molecule has 1 amide bonds. The second-order valence-electron chi connectivity index (χ2n) is 6.57. The topological polar surface area (TPSA) is 43.8 Å². The Kier molecular flexibility index (Phi) is 4.73. The van der Waals surface area contributed by atoms with Gasteiger partial charge in [-0.05, 0) is 51.6 Å². The molecular formula is C16H21F3N2O2. The number of alkyl halides is 3. The van der Waals surface area contributed by atoms with E-state index in [4.69, 9.17) is 0 Å². The fraction of sp³-hybridized carbons (Fsp3) is 0.562. The van der Waals surface area contributed by atoms with Gasteiger partial charge in [-0.25, -0.2) is 0 Å². The molecule has 23 heavy (non-hydrogen) atoms. The summed E-state index contributed by atoms with van der Waals surface area (Å²) in [4.78, 5) is 15.8. The zero-order valence-corrected chi connectivity index (χ0v) is 13.4. The first-order valence-corrected chi connectivity index (χ1v) is 7.40. The van der Waals surface area contributed by atoms with Crippen LogP contribution in [0, 0.1) is 0 Å². The van der Waals surface area contributed by atoms with Crippen LogP contribution in [0.3, 0.4) is 0 Å². The van der Waals surface area contributed by atoms with Gasteiger partial charge in [-0.3, -0.25) is 9.69 Å². The van der Waals surface area contributed by atoms with Crippen molar-refractivity contribution < 1.29 is 23.1 Å². The maximum Gasteiger partial charge on any atom is 0.416 e. The molecule has 1 aromatic carbocycles. The highest BCUT2D eigenvalue weighted by Crippen LogP contribution is 2.32. The number of carbonyl (C=O) groups excluding carboxylic acids is 1. The lowest BCUT2D eigenvalue weighted by molar-refractivity contribution is -0.137. The van der Waals surface area contributed by atoms with Crippen LogP contribution in [0.4, 0.5) is 18.9 Å². The van der Waals surface area contributed by atoms with Crippen molar-refractivity contribution >= 4 is 11.6 Å². The van der Waals surface area contributed by atoms with Gasteiger partial charge in [-0.15, -0.1) is 0 Å². The summed E-state index contributed by atoms with van der Waals surface area (Å²) < 4.78 is 37.8. The van der Waals surface area contributed by atoms with Gasteiger partial charge in [-0.2, -0.15) is 13.2 Å². The van der Waals surface area contributed by atoms with Gasteiger partial charge in [0.2, 0.25) is 5.91 Å². The minimum absolute atomic E-state index is 0.156. The summed E-state index contributed by atoms with van der Waals surface area (Å²) in [6.07, 6.45) is -3.81. The van der Waals surface area contributed by atoms with Crippen molar-refractivity contribution in [3.05, 3.63) is 29.8 Å². The molecule has 2 rings (SSSR count). The first-order chi connectivity index (χ1) is 10.5. The molecule has 1 heterocycles. The van der Waals surface area contributed by atoms with Crippen LogP contribution in [-0.4, -0.2) is 47.7 Å². The number of carbonyl (C=O) groups is 1. The van der Waals surface area contributed by atoms with Crippen LogP contribution in [0.1, 0.15) is 25.8 Å². The minimum Gasteiger partial charge on any atom is -0.389 e. The van der Waals surface area contributed by atoms with Gasteiger partial charge in [0.25, 0.3) is 0 Å². The number of benzene rings is 1. The molecule has 1 aliphatic rings. The van der Waals surface area contributed by atoms with Crippen molar-refractivity contribution in [3.8, 4) is 0 Å². The lowest BCUT2D eigenvalue weighted by atomic mass is 10.1. The Balaban J connectivity index is 2.10. The van der Waals surface area contributed by atoms with Crippen LogP contribution in [-0.2, 0) is 11.0 Å². The van der Waals surface area contributed by atoms with Gasteiger partial charge >= 0.3 is 6.18 Å². The van der Waals surface area contributed by atoms with Crippen molar-refractivity contribution in [2.75, 3.05) is 25.0 Å². The van der Waals surface area contributed by atoms with Crippen molar-refractivity contribution in [1.82, 2.24) is 4.90 Å². The van der Waals surface area contributed by atoms with Crippen LogP contribution in [0.2, 0.25) is 0 Å². The number of halogens is 3. The summed E-state index contributed by atoms with van der Waals surface area (Å²) in [5, 5.41) is 9.85. The van der Waals surface area contributed by atoms with Gasteiger partial charge in [-0.1, -0.05) is 0 Å². The summed E-state index contributed by atoms with van der Waals surface area (Å²) in [7, 11) is 1.76. The van der Waals surface area contributed by atoms with Crippen LogP contribution in [0.5, 0.6) is 0 Å². The molecule has 0 radical (unpaired) electrons. The summed E-state index contributed by atoms with van der Waals surface area (Å²) in [5.41, 5.74) is -1.19. The molecule has 1 aliphatic heterocycles. The molecule has 128 valence electrons. The van der Waals surface area contributed by atoms with E-state index in [9.17, 15) is 23.1 Å². The maximum atomic E-state index is 12.6. The smallest absolute Gasteiger partial charge is 0.389 e. The van der Waals surface area contributed by atoms with Gasteiger partial charge in [0, 0.05) is 18.8 Å². The molecule has 1 unspecified atom stereocenters. The quantitative estimate of drug-likeness (QED) is 0.922. The molecule has 0 bridgehead atoms. The highest BCUT2D eigenvalue weighted by atomic mass is 19.4. The monoisotopic (exact) mass is 330 g/mol. The second kappa shape index (κ2) is 6.13. The highest BCUT2D eigenvalue weighted by Gasteiger charge is 2.37. The van der Waals surface area contributed by atoms with E-state index < -0.39 is 17.3 Å². The highest BCUT2D eigenvalue weighted by molar-refractivity contribution is 5.99. The third kappa shape index (κ3) is 4.23. The fourth-order valence-electron chi connectivity index (χ4n) is 2.88. The van der Waals surface area contributed by atoms with E-state index in [1.165, 1.54) is 17.0 Å². The van der Waals surface area contributed by atoms with Gasteiger partial charge in [0.15, 0.2) is 0 Å². The summed E-state index contributed by atoms with van der Waals surface area (Å²) >= 11 is 0. The number of rotatable bonds is 4. The van der Waals surface area contributed by atoms with E-state index in [-0.39, 0.29) is 11.9 Å². The summed E-state index contributed by atoms with van der Waals surface area (Å²) in [5.74, 6) is -0.156. The molecule has 1 aromatic rings. The molecule has 0 spiro atoms. The first kappa shape index (κ1) is 17.7. The molecule has 4 nitrogen and oxygen atoms in total. The van der Waals surface area contributed by atoms with E-state index in [0.717, 1.165) is 12.1 Å². The van der Waals surface area contributed by atoms with Crippen molar-refractivity contribution in [2.24, 2.45) is 0 Å². The van der Waals surface area contributed by atoms with E-state index in [2.05, 4.69) is 0 Å². The lowest BCUT2D eigenvalue weighted by Crippen LogP contribution is -2.45. The summed E-state index contributed by atoms with van der Waals surface area (Å²) in [6.45, 7) is 4.11. The van der Waals surface area contributed by atoms with Crippen molar-refractivity contribution in [1.29, 1.82) is 0 Å². The average Bonchev–Trinajstić information content (AvgIpc) is 2.78. The number of hydrogen-bond acceptors (Lipinski definition) is 3. The van der Waals surface area contributed by atoms with E-state index in [1.54, 1.807) is 25.8 Å². The predicted molar refractivity (Wildman–Crippen MR) is 81.1 cm³/mol. The summed E-state index contributed by atoms with van der Waals surface area (Å²) in [6, 6.07) is 4.23. The standard InChI is InChI=1S/C16H21F3N2O2/c1-15(2,23)10-20(3)13-8-9-21(14(13)22)12-6-4-11(5-7-12)16(17,18)19/h4-7,13,23H,8-10H2,1-3H3. The van der Waals surface area contributed by atoms with Crippen molar-refractivity contribution in [2.45, 2.75) is 38.1 Å². The number of aliphatic hydroxyl groups is 1. The number of hydrogen-bond donors (Lipinski definition) is 1. The minimum atomic E-state index is -4.39. The van der Waals surface area contributed by atoms with Crippen LogP contribution < -0.4 is 4.90 Å². The molecule has 1 saturated heterocycles. The van der Waals surface area contributed by atoms with E-state index in [0.29, 0.717) is 25.2 Å². The molecule has 0 aromatic heterocycles. The number of anilines is 1. The first-order valence-electron chi connectivity index (χ1n) is 7.40. The Bertz CT molecular complexity index is 564. The Morgan fingerprint density at radius 1 is 1.26 bits per heavy atom. The zero-order valence-electron chi connectivity index (χ0n) is 13.4. The fourth-order valence-corrected chi connectivity index (χ4v) is 2.88. The van der Waals surface area contributed by atoms with Gasteiger partial charge in [0.1, 0.15) is 0 Å². The largest absolute Gasteiger partial charge is 0.416 e. The molecule has 1 atom stereocenters. The molecule has 0 aliphatic carbocycles. The molecular weight excluding hydrogens is 309 g/mol. The lowest BCUT2D eigenvalue weighted by Gasteiger charge is -2.29. The van der Waals surface area contributed by atoms with E-state index in [1.807, 2.05) is 0 Å². The average molecular weight is 330 g/mol. The van der Waals surface area contributed by atoms with E-state index >= 15 is 0 Å². The van der Waals surface area contributed by atoms with Crippen LogP contribution in [0.25, 0.3) is 0 Å². The molecule has 1 N–H and O–H groups in total. The predicted octanol–water partition coefficient (Wildman–Crippen LogP) is 2.51. The third-order valence-corrected chi connectivity index (χ3v) is 3.85. The Morgan fingerprint density at radius 3 is 2.30 bits per heavy atom. The second-order valence-corrected chi connectivity index (χ2v) is 6.57. The van der Waals surface area contributed by atoms with Crippen LogP contribution >= 0.6 is 0 Å². The van der Waals surface area contributed by atoms with Gasteiger partial charge < -0.3 is 10.0 Å². The Morgan fingerprint density at radius 2 is 1.83 bits per heavy atom. The number of likely N-dealkylation sites (N-methyl/N-ethyl adjacent to an activating group) is 1. The number of nitrogens with zero attached hydrogens (tertiary/aromatic N) is 2. The Labute approximate surface area is 133 Å². The SMILES string of the molecule is CN(CC(C)(C)O)C1CCN(c2ccc(C(F)(F)F)cc2)C1=O. The molecule has 1 fully saturated rings. The molecule has 0 saturated carbocycles. The Hall–Kier alpha value is -1.60. The van der Waals surface area contributed by atoms with Gasteiger partial charge in [0.05, 0.1) is 17.2 Å². The van der Waals surface area contributed by atoms with Crippen molar-refractivity contribution in [3.63, 3.8) is 0 Å². The maximum absolute atomic E-state index is 12.6. The third-order valence-electron chi connectivity index (χ3n) is 3.85. The molecule has 7 heteroatoms. The number of amides is 1. The normalized spacial score (nSPS) is 19.7. The zero-order chi connectivity index (χ0) is 17.4. The van der Waals surface area contributed by atoms with Crippen LogP contribution in [0.15, 0.2) is 24.3 Å².